The van der Waals surface area contributed by atoms with Crippen molar-refractivity contribution in [1.29, 1.82) is 0 Å². The first-order chi connectivity index (χ1) is 10.1. The molecule has 1 aliphatic rings. The van der Waals surface area contributed by atoms with E-state index in [9.17, 15) is 10.1 Å². The number of benzene rings is 1. The average molecular weight is 292 g/mol. The summed E-state index contributed by atoms with van der Waals surface area (Å²) in [6.45, 7) is 0.672. The number of anilines is 1. The Hall–Kier alpha value is -1.66. The fourth-order valence-corrected chi connectivity index (χ4v) is 3.13. The van der Waals surface area contributed by atoms with Gasteiger partial charge in [0, 0.05) is 18.7 Å². The predicted molar refractivity (Wildman–Crippen MR) is 83.9 cm³/mol. The molecule has 3 N–H and O–H groups in total. The lowest BCUT2D eigenvalue weighted by molar-refractivity contribution is -0.384. The van der Waals surface area contributed by atoms with Crippen molar-refractivity contribution in [2.45, 2.75) is 51.1 Å². The van der Waals surface area contributed by atoms with Crippen molar-refractivity contribution < 1.29 is 4.92 Å². The van der Waals surface area contributed by atoms with Crippen LogP contribution in [-0.2, 0) is 6.54 Å². The van der Waals surface area contributed by atoms with Crippen LogP contribution in [0.5, 0.6) is 0 Å². The summed E-state index contributed by atoms with van der Waals surface area (Å²) >= 11 is 0. The monoisotopic (exact) mass is 292 g/mol. The van der Waals surface area contributed by atoms with Gasteiger partial charge in [-0.05, 0) is 25.5 Å². The van der Waals surface area contributed by atoms with Gasteiger partial charge in [0.15, 0.2) is 0 Å². The Bertz CT molecular complexity index is 485. The van der Waals surface area contributed by atoms with Crippen LogP contribution in [-0.4, -0.2) is 22.9 Å². The van der Waals surface area contributed by atoms with Gasteiger partial charge < -0.3 is 5.43 Å². The summed E-state index contributed by atoms with van der Waals surface area (Å²) < 4.78 is 0. The van der Waals surface area contributed by atoms with Gasteiger partial charge in [-0.3, -0.25) is 20.9 Å². The minimum Gasteiger partial charge on any atom is -0.318 e. The lowest BCUT2D eigenvalue weighted by Crippen LogP contribution is -2.31. The van der Waals surface area contributed by atoms with Crippen LogP contribution in [0.15, 0.2) is 18.2 Å². The number of nitrogens with two attached hydrogens (primary N) is 1. The van der Waals surface area contributed by atoms with Crippen LogP contribution in [0.2, 0.25) is 0 Å². The van der Waals surface area contributed by atoms with Crippen LogP contribution in [0.3, 0.4) is 0 Å². The van der Waals surface area contributed by atoms with Crippen LogP contribution in [0, 0.1) is 10.1 Å². The number of hydrogen-bond donors (Lipinski definition) is 2. The minimum atomic E-state index is -0.398. The summed E-state index contributed by atoms with van der Waals surface area (Å²) in [5, 5.41) is 11.1. The van der Waals surface area contributed by atoms with Crippen LogP contribution in [0.1, 0.15) is 44.1 Å². The zero-order valence-electron chi connectivity index (χ0n) is 12.5. The molecule has 2 rings (SSSR count). The number of hydrogen-bond acceptors (Lipinski definition) is 5. The molecule has 6 heteroatoms. The van der Waals surface area contributed by atoms with E-state index in [1.54, 1.807) is 6.07 Å². The third-order valence-corrected chi connectivity index (χ3v) is 4.34. The van der Waals surface area contributed by atoms with Crippen molar-refractivity contribution in [3.63, 3.8) is 0 Å². The van der Waals surface area contributed by atoms with Crippen molar-refractivity contribution >= 4 is 11.4 Å². The second-order valence-electron chi connectivity index (χ2n) is 5.77. The Morgan fingerprint density at radius 1 is 1.33 bits per heavy atom. The Balaban J connectivity index is 2.14. The molecule has 116 valence electrons. The number of hydrazine groups is 1. The van der Waals surface area contributed by atoms with E-state index in [0.29, 0.717) is 18.3 Å². The van der Waals surface area contributed by atoms with Crippen LogP contribution >= 0.6 is 0 Å². The Morgan fingerprint density at radius 2 is 2.00 bits per heavy atom. The summed E-state index contributed by atoms with van der Waals surface area (Å²) in [5.74, 6) is 5.50. The molecule has 21 heavy (non-hydrogen) atoms. The van der Waals surface area contributed by atoms with Gasteiger partial charge in [0.2, 0.25) is 0 Å². The van der Waals surface area contributed by atoms with Gasteiger partial charge in [-0.25, -0.2) is 0 Å². The van der Waals surface area contributed by atoms with Crippen molar-refractivity contribution in [2.75, 3.05) is 12.5 Å². The average Bonchev–Trinajstić information content (AvgIpc) is 2.76. The number of rotatable bonds is 5. The van der Waals surface area contributed by atoms with Crippen molar-refractivity contribution in [2.24, 2.45) is 5.84 Å². The molecule has 1 aromatic rings. The van der Waals surface area contributed by atoms with Gasteiger partial charge >= 0.3 is 0 Å². The second-order valence-corrected chi connectivity index (χ2v) is 5.77. The third kappa shape index (κ3) is 3.92. The van der Waals surface area contributed by atoms with Gasteiger partial charge in [-0.2, -0.15) is 0 Å². The molecule has 0 amide bonds. The summed E-state index contributed by atoms with van der Waals surface area (Å²) in [6.07, 6.45) is 7.58. The Labute approximate surface area is 125 Å². The number of nitrogens with zero attached hydrogens (tertiary/aromatic N) is 2. The SMILES string of the molecule is CN(Cc1cccc([N+](=O)[O-])c1NN)C1CCCCCC1. The zero-order chi connectivity index (χ0) is 15.2. The molecule has 6 nitrogen and oxygen atoms in total. The molecule has 0 bridgehead atoms. The molecule has 1 saturated carbocycles. The summed E-state index contributed by atoms with van der Waals surface area (Å²) in [7, 11) is 2.09. The molecular weight excluding hydrogens is 268 g/mol. The molecule has 0 unspecified atom stereocenters. The zero-order valence-corrected chi connectivity index (χ0v) is 12.5. The van der Waals surface area contributed by atoms with Gasteiger partial charge in [0.1, 0.15) is 5.69 Å². The van der Waals surface area contributed by atoms with Gasteiger partial charge in [-0.15, -0.1) is 0 Å². The highest BCUT2D eigenvalue weighted by Crippen LogP contribution is 2.29. The first-order valence-corrected chi connectivity index (χ1v) is 7.56. The number of nitrogens with one attached hydrogen (secondary N) is 1. The van der Waals surface area contributed by atoms with E-state index in [1.165, 1.54) is 44.6 Å². The van der Waals surface area contributed by atoms with Crippen molar-refractivity contribution in [1.82, 2.24) is 4.90 Å². The highest BCUT2D eigenvalue weighted by Gasteiger charge is 2.21. The van der Waals surface area contributed by atoms with Crippen LogP contribution < -0.4 is 11.3 Å². The highest BCUT2D eigenvalue weighted by atomic mass is 16.6. The third-order valence-electron chi connectivity index (χ3n) is 4.34. The fraction of sp³-hybridized carbons (Fsp3) is 0.600. The van der Waals surface area contributed by atoms with Gasteiger partial charge in [-0.1, -0.05) is 37.8 Å². The van der Waals surface area contributed by atoms with Crippen LogP contribution in [0.25, 0.3) is 0 Å². The first kappa shape index (κ1) is 15.7. The van der Waals surface area contributed by atoms with Crippen molar-refractivity contribution in [3.8, 4) is 0 Å². The minimum absolute atomic E-state index is 0.0317. The van der Waals surface area contributed by atoms with Crippen LogP contribution in [0.4, 0.5) is 11.4 Å². The predicted octanol–water partition coefficient (Wildman–Crippen LogP) is 3.04. The van der Waals surface area contributed by atoms with Crippen molar-refractivity contribution in [3.05, 3.63) is 33.9 Å². The summed E-state index contributed by atoms with van der Waals surface area (Å²) in [4.78, 5) is 13.0. The summed E-state index contributed by atoms with van der Waals surface area (Å²) in [5.41, 5.74) is 3.82. The van der Waals surface area contributed by atoms with E-state index < -0.39 is 4.92 Å². The Kier molecular flexibility index (Phi) is 5.52. The molecule has 0 atom stereocenters. The Morgan fingerprint density at radius 3 is 2.57 bits per heavy atom. The van der Waals surface area contributed by atoms with E-state index in [4.69, 9.17) is 5.84 Å². The standard InChI is InChI=1S/C15H24N4O2/c1-18(13-8-4-2-3-5-9-13)11-12-7-6-10-14(19(20)21)15(12)17-16/h6-7,10,13,17H,2-5,8-9,11,16H2,1H3. The molecule has 0 radical (unpaired) electrons. The molecule has 1 aliphatic carbocycles. The lowest BCUT2D eigenvalue weighted by atomic mass is 10.1. The lowest BCUT2D eigenvalue weighted by Gasteiger charge is -2.27. The topological polar surface area (TPSA) is 84.4 Å². The molecule has 0 aromatic heterocycles. The maximum Gasteiger partial charge on any atom is 0.293 e. The highest BCUT2D eigenvalue weighted by molar-refractivity contribution is 5.65. The van der Waals surface area contributed by atoms with E-state index in [2.05, 4.69) is 17.4 Å². The largest absolute Gasteiger partial charge is 0.318 e. The van der Waals surface area contributed by atoms with Gasteiger partial charge in [0.05, 0.1) is 4.92 Å². The molecule has 0 spiro atoms. The normalized spacial score (nSPS) is 16.7. The quantitative estimate of drug-likeness (QED) is 0.377. The van der Waals surface area contributed by atoms with E-state index in [1.807, 2.05) is 6.07 Å². The van der Waals surface area contributed by atoms with Gasteiger partial charge in [0.25, 0.3) is 5.69 Å². The first-order valence-electron chi connectivity index (χ1n) is 7.56. The van der Waals surface area contributed by atoms with E-state index in [0.717, 1.165) is 5.56 Å². The number of nitro benzene ring substituents is 1. The summed E-state index contributed by atoms with van der Waals surface area (Å²) in [6, 6.07) is 5.65. The number of para-hydroxylation sites is 1. The maximum atomic E-state index is 11.1. The maximum absolute atomic E-state index is 11.1. The van der Waals surface area contributed by atoms with E-state index >= 15 is 0 Å². The fourth-order valence-electron chi connectivity index (χ4n) is 3.13. The molecular formula is C15H24N4O2. The molecule has 1 fully saturated rings. The second kappa shape index (κ2) is 7.38. The number of nitro groups is 1. The molecule has 0 aliphatic heterocycles. The molecule has 1 aromatic carbocycles. The smallest absolute Gasteiger partial charge is 0.293 e. The molecule has 0 saturated heterocycles. The number of nitrogen functional groups attached to an aromatic ring is 1. The molecule has 0 heterocycles. The van der Waals surface area contributed by atoms with E-state index in [-0.39, 0.29) is 5.69 Å².